The summed E-state index contributed by atoms with van der Waals surface area (Å²) in [6.45, 7) is 4.15. The van der Waals surface area contributed by atoms with E-state index in [1.165, 1.54) is 6.07 Å². The van der Waals surface area contributed by atoms with Crippen molar-refractivity contribution >= 4 is 10.1 Å². The summed E-state index contributed by atoms with van der Waals surface area (Å²) in [5, 5.41) is 0. The van der Waals surface area contributed by atoms with E-state index < -0.39 is 10.1 Å². The minimum atomic E-state index is -4.15. The van der Waals surface area contributed by atoms with Crippen molar-refractivity contribution in [2.45, 2.75) is 24.7 Å². The molecule has 0 unspecified atom stereocenters. The first-order valence-corrected chi connectivity index (χ1v) is 6.84. The third kappa shape index (κ3) is 3.13. The largest absolute Gasteiger partial charge is 1.00 e. The van der Waals surface area contributed by atoms with Gasteiger partial charge in [-0.25, -0.2) is 0 Å². The molecular formula is C13H15NaO3S. The molecule has 0 saturated carbocycles. The molecule has 1 N–H and O–H groups in total. The van der Waals surface area contributed by atoms with E-state index in [0.717, 1.165) is 11.1 Å². The van der Waals surface area contributed by atoms with Crippen molar-refractivity contribution in [2.75, 3.05) is 0 Å². The fourth-order valence-corrected chi connectivity index (χ4v) is 2.56. The summed E-state index contributed by atoms with van der Waals surface area (Å²) in [4.78, 5) is -0.0293. The van der Waals surface area contributed by atoms with Gasteiger partial charge in [0.2, 0.25) is 0 Å². The summed E-state index contributed by atoms with van der Waals surface area (Å²) in [7, 11) is -4.15. The molecule has 0 spiro atoms. The van der Waals surface area contributed by atoms with Gasteiger partial charge in [0.25, 0.3) is 10.1 Å². The first kappa shape index (κ1) is 15.7. The minimum absolute atomic E-state index is 0. The molecule has 0 saturated heterocycles. The zero-order chi connectivity index (χ0) is 12.6. The molecule has 0 atom stereocenters. The van der Waals surface area contributed by atoms with E-state index in [1.807, 2.05) is 18.2 Å². The van der Waals surface area contributed by atoms with E-state index in [0.29, 0.717) is 11.5 Å². The molecule has 2 aliphatic rings. The van der Waals surface area contributed by atoms with Crippen molar-refractivity contribution in [3.05, 3.63) is 42.0 Å². The Hall–Kier alpha value is -0.390. The minimum Gasteiger partial charge on any atom is -1.00 e. The zero-order valence-corrected chi connectivity index (χ0v) is 13.5. The number of fused-ring (bicyclic) bond motifs is 1. The molecule has 2 aliphatic carbocycles. The maximum Gasteiger partial charge on any atom is 1.00 e. The summed E-state index contributed by atoms with van der Waals surface area (Å²) in [6.07, 6.45) is 0. The van der Waals surface area contributed by atoms with Gasteiger partial charge in [-0.2, -0.15) is 8.42 Å². The van der Waals surface area contributed by atoms with Crippen LogP contribution in [-0.2, 0) is 10.1 Å². The third-order valence-electron chi connectivity index (χ3n) is 2.81. The van der Waals surface area contributed by atoms with Crippen LogP contribution in [-0.4, -0.2) is 13.0 Å². The van der Waals surface area contributed by atoms with E-state index in [9.17, 15) is 8.42 Å². The summed E-state index contributed by atoms with van der Waals surface area (Å²) >= 11 is 0. The van der Waals surface area contributed by atoms with Gasteiger partial charge in [-0.05, 0) is 23.1 Å². The Morgan fingerprint density at radius 3 is 2.39 bits per heavy atom. The predicted octanol–water partition coefficient (Wildman–Crippen LogP) is 0.278. The van der Waals surface area contributed by atoms with E-state index in [-0.39, 0.29) is 35.9 Å². The molecule has 0 aliphatic heterocycles. The topological polar surface area (TPSA) is 54.4 Å². The molecule has 2 rings (SSSR count). The Morgan fingerprint density at radius 2 is 1.83 bits per heavy atom. The van der Waals surface area contributed by atoms with Crippen LogP contribution >= 0.6 is 0 Å². The molecule has 18 heavy (non-hydrogen) atoms. The Balaban J connectivity index is 0.00000162. The van der Waals surface area contributed by atoms with Gasteiger partial charge in [0.05, 0.1) is 0 Å². The van der Waals surface area contributed by atoms with Crippen molar-refractivity contribution in [3.8, 4) is 11.1 Å². The standard InChI is InChI=1S/C13H14O3S.Na.H/c1-9(2)10-4-3-5-12-11(8-10)6-7-13(12)17(14,15)16;;/h3-9H,1-2H3,(H,14,15,16);;/q;+1;-1. The van der Waals surface area contributed by atoms with Gasteiger partial charge in [-0.15, -0.1) is 0 Å². The molecular weight excluding hydrogens is 259 g/mol. The van der Waals surface area contributed by atoms with E-state index in [4.69, 9.17) is 4.55 Å². The summed E-state index contributed by atoms with van der Waals surface area (Å²) in [5.74, 6) is 0.370. The Bertz CT molecular complexity index is 626. The number of hydrogen-bond acceptors (Lipinski definition) is 2. The molecule has 0 aromatic carbocycles. The average molecular weight is 274 g/mol. The molecule has 92 valence electrons. The Labute approximate surface area is 131 Å². The van der Waals surface area contributed by atoms with Crippen LogP contribution in [0, 0.1) is 0 Å². The van der Waals surface area contributed by atoms with Crippen molar-refractivity contribution in [2.24, 2.45) is 0 Å². The van der Waals surface area contributed by atoms with Crippen LogP contribution in [0.2, 0.25) is 0 Å². The normalized spacial score (nSPS) is 11.6. The van der Waals surface area contributed by atoms with Crippen LogP contribution in [0.3, 0.4) is 0 Å². The van der Waals surface area contributed by atoms with Gasteiger partial charge >= 0.3 is 29.6 Å². The van der Waals surface area contributed by atoms with Crippen molar-refractivity contribution in [1.29, 1.82) is 0 Å². The molecule has 0 fully saturated rings. The monoisotopic (exact) mass is 274 g/mol. The summed E-state index contributed by atoms with van der Waals surface area (Å²) in [6, 6.07) is 10.6. The van der Waals surface area contributed by atoms with Gasteiger partial charge in [-0.3, -0.25) is 4.55 Å². The number of hydrogen-bond donors (Lipinski definition) is 1. The maximum absolute atomic E-state index is 11.2. The smallest absolute Gasteiger partial charge is 1.00 e. The fourth-order valence-electron chi connectivity index (χ4n) is 1.86. The van der Waals surface area contributed by atoms with Crippen molar-refractivity contribution < 1.29 is 44.0 Å². The van der Waals surface area contributed by atoms with E-state index >= 15 is 0 Å². The van der Waals surface area contributed by atoms with Crippen molar-refractivity contribution in [3.63, 3.8) is 0 Å². The molecule has 0 aromatic rings. The molecule has 3 nitrogen and oxygen atoms in total. The number of rotatable bonds is 2. The molecule has 0 radical (unpaired) electrons. The maximum atomic E-state index is 11.2. The van der Waals surface area contributed by atoms with Crippen LogP contribution < -0.4 is 29.6 Å². The van der Waals surface area contributed by atoms with Crippen LogP contribution in [0.25, 0.3) is 11.1 Å². The van der Waals surface area contributed by atoms with Crippen LogP contribution in [0.1, 0.15) is 26.8 Å². The van der Waals surface area contributed by atoms with Crippen LogP contribution in [0.15, 0.2) is 41.3 Å². The second-order valence-electron chi connectivity index (χ2n) is 4.37. The quantitative estimate of drug-likeness (QED) is 0.632. The van der Waals surface area contributed by atoms with E-state index in [1.54, 1.807) is 12.1 Å². The Morgan fingerprint density at radius 1 is 1.17 bits per heavy atom. The summed E-state index contributed by atoms with van der Waals surface area (Å²) in [5.41, 5.74) is 2.51. The average Bonchev–Trinajstić information content (AvgIpc) is 2.49. The molecule has 0 aromatic heterocycles. The summed E-state index contributed by atoms with van der Waals surface area (Å²) < 4.78 is 31.5. The van der Waals surface area contributed by atoms with Gasteiger partial charge in [0.1, 0.15) is 4.90 Å². The van der Waals surface area contributed by atoms with Gasteiger partial charge in [0, 0.05) is 5.56 Å². The third-order valence-corrected chi connectivity index (χ3v) is 3.72. The fraction of sp³-hybridized carbons (Fsp3) is 0.231. The molecule has 0 bridgehead atoms. The molecule has 0 amide bonds. The van der Waals surface area contributed by atoms with Crippen molar-refractivity contribution in [1.82, 2.24) is 0 Å². The van der Waals surface area contributed by atoms with Gasteiger partial charge in [-0.1, -0.05) is 44.2 Å². The first-order valence-electron chi connectivity index (χ1n) is 5.40. The van der Waals surface area contributed by atoms with Gasteiger partial charge in [0.15, 0.2) is 0 Å². The van der Waals surface area contributed by atoms with Crippen LogP contribution in [0.5, 0.6) is 0 Å². The van der Waals surface area contributed by atoms with Gasteiger partial charge < -0.3 is 1.43 Å². The molecule has 0 heterocycles. The Kier molecular flexibility index (Phi) is 4.98. The van der Waals surface area contributed by atoms with Crippen LogP contribution in [0.4, 0.5) is 0 Å². The SMILES string of the molecule is CC(C)c1cccc2c(S(=O)(=O)O)ccc-2c1.[H-].[Na+]. The first-order chi connectivity index (χ1) is 7.89. The second-order valence-corrected chi connectivity index (χ2v) is 5.76. The van der Waals surface area contributed by atoms with E-state index in [2.05, 4.69) is 13.8 Å². The predicted molar refractivity (Wildman–Crippen MR) is 68.1 cm³/mol. The molecule has 5 heteroatoms. The zero-order valence-electron chi connectivity index (χ0n) is 11.7. The second kappa shape index (κ2) is 5.72.